The molecule has 0 bridgehead atoms. The molecule has 26 heavy (non-hydrogen) atoms. The van der Waals surface area contributed by atoms with Crippen molar-refractivity contribution in [1.29, 1.82) is 0 Å². The van der Waals surface area contributed by atoms with E-state index in [-0.39, 0.29) is 11.8 Å². The molecule has 132 valence electrons. The Kier molecular flexibility index (Phi) is 3.87. The molecular formula is C17H15ClN5O3+. The first-order valence-corrected chi connectivity index (χ1v) is 8.18. The van der Waals surface area contributed by atoms with Crippen LogP contribution in [0.5, 0.6) is 11.5 Å². The van der Waals surface area contributed by atoms with E-state index in [9.17, 15) is 4.79 Å². The Morgan fingerprint density at radius 2 is 1.77 bits per heavy atom. The summed E-state index contributed by atoms with van der Waals surface area (Å²) in [6.45, 7) is 0.955. The molecule has 2 aliphatic rings. The molecule has 4 rings (SSSR count). The number of quaternary nitrogens is 1. The Morgan fingerprint density at radius 1 is 1.08 bits per heavy atom. The van der Waals surface area contributed by atoms with Crippen LogP contribution >= 0.6 is 11.6 Å². The summed E-state index contributed by atoms with van der Waals surface area (Å²) in [7, 11) is 0. The first-order chi connectivity index (χ1) is 12.5. The molecule has 1 atom stereocenters. The number of rotatable bonds is 2. The Labute approximate surface area is 153 Å². The van der Waals surface area contributed by atoms with Crippen molar-refractivity contribution >= 4 is 29.3 Å². The minimum absolute atomic E-state index is 0.130. The summed E-state index contributed by atoms with van der Waals surface area (Å²) in [6.07, 6.45) is 0. The van der Waals surface area contributed by atoms with Crippen LogP contribution in [0.25, 0.3) is 0 Å². The van der Waals surface area contributed by atoms with Gasteiger partial charge < -0.3 is 15.2 Å². The molecule has 4 N–H and O–H groups in total. The molecule has 9 heteroatoms. The predicted molar refractivity (Wildman–Crippen MR) is 95.8 cm³/mol. The van der Waals surface area contributed by atoms with Crippen LogP contribution in [0.3, 0.4) is 0 Å². The van der Waals surface area contributed by atoms with E-state index in [2.05, 4.69) is 10.1 Å². The normalized spacial score (nSPS) is 21.2. The third-order valence-electron chi connectivity index (χ3n) is 4.02. The summed E-state index contributed by atoms with van der Waals surface area (Å²) in [5, 5.41) is 4.75. The summed E-state index contributed by atoms with van der Waals surface area (Å²) in [5.74, 6) is 6.95. The SMILES string of the molecule is NC1=NC(c2ccc3c(c2)OCCO3)=N[N+]1(N)C(=O)c1ccc(Cl)cc1. The van der Waals surface area contributed by atoms with E-state index < -0.39 is 10.6 Å². The molecule has 1 amide bonds. The Bertz CT molecular complexity index is 957. The van der Waals surface area contributed by atoms with Gasteiger partial charge in [0.15, 0.2) is 11.5 Å². The van der Waals surface area contributed by atoms with Crippen molar-refractivity contribution in [3.05, 3.63) is 58.6 Å². The second-order valence-electron chi connectivity index (χ2n) is 5.75. The van der Waals surface area contributed by atoms with Gasteiger partial charge in [-0.1, -0.05) is 11.6 Å². The third kappa shape index (κ3) is 2.70. The zero-order valence-corrected chi connectivity index (χ0v) is 14.3. The van der Waals surface area contributed by atoms with Gasteiger partial charge in [-0.05, 0) is 47.6 Å². The lowest BCUT2D eigenvalue weighted by Crippen LogP contribution is -2.60. The molecule has 0 saturated carbocycles. The third-order valence-corrected chi connectivity index (χ3v) is 4.28. The van der Waals surface area contributed by atoms with E-state index in [4.69, 9.17) is 32.7 Å². The Hall–Kier alpha value is -2.94. The van der Waals surface area contributed by atoms with Gasteiger partial charge in [0.2, 0.25) is 5.84 Å². The van der Waals surface area contributed by atoms with Crippen molar-refractivity contribution in [2.75, 3.05) is 13.2 Å². The Balaban J connectivity index is 1.69. The molecule has 8 nitrogen and oxygen atoms in total. The number of amides is 1. The van der Waals surface area contributed by atoms with Crippen LogP contribution in [0, 0.1) is 0 Å². The minimum atomic E-state index is -0.981. The number of carbonyl (C=O) groups is 1. The van der Waals surface area contributed by atoms with Crippen molar-refractivity contribution in [2.24, 2.45) is 21.7 Å². The number of guanidine groups is 1. The van der Waals surface area contributed by atoms with Gasteiger partial charge in [0.05, 0.1) is 5.56 Å². The number of halogens is 1. The van der Waals surface area contributed by atoms with Crippen molar-refractivity contribution in [3.8, 4) is 11.5 Å². The molecule has 1 unspecified atom stereocenters. The fraction of sp³-hybridized carbons (Fsp3) is 0.118. The minimum Gasteiger partial charge on any atom is -0.486 e. The number of aliphatic imine (C=N–C) groups is 1. The molecule has 0 aliphatic carbocycles. The molecular weight excluding hydrogens is 358 g/mol. The summed E-state index contributed by atoms with van der Waals surface area (Å²) < 4.78 is 10.1. The average molecular weight is 373 g/mol. The lowest BCUT2D eigenvalue weighted by atomic mass is 10.2. The van der Waals surface area contributed by atoms with Crippen LogP contribution in [0.4, 0.5) is 0 Å². The first-order valence-electron chi connectivity index (χ1n) is 7.80. The zero-order valence-electron chi connectivity index (χ0n) is 13.6. The number of nitrogens with zero attached hydrogens (tertiary/aromatic N) is 3. The van der Waals surface area contributed by atoms with Crippen molar-refractivity contribution in [2.45, 2.75) is 0 Å². The van der Waals surface area contributed by atoms with Crippen molar-refractivity contribution < 1.29 is 19.0 Å². The van der Waals surface area contributed by atoms with E-state index in [1.54, 1.807) is 42.5 Å². The van der Waals surface area contributed by atoms with E-state index >= 15 is 0 Å². The highest BCUT2D eigenvalue weighted by Gasteiger charge is 2.45. The van der Waals surface area contributed by atoms with Crippen molar-refractivity contribution in [1.82, 2.24) is 0 Å². The monoisotopic (exact) mass is 372 g/mol. The number of ether oxygens (including phenoxy) is 2. The number of hydrogen-bond acceptors (Lipinski definition) is 7. The molecule has 0 fully saturated rings. The predicted octanol–water partition coefficient (Wildman–Crippen LogP) is 1.63. The molecule has 0 saturated heterocycles. The smallest absolute Gasteiger partial charge is 0.399 e. The molecule has 2 heterocycles. The van der Waals surface area contributed by atoms with Gasteiger partial charge in [0, 0.05) is 15.3 Å². The zero-order chi connectivity index (χ0) is 18.3. The maximum absolute atomic E-state index is 12.8. The van der Waals surface area contributed by atoms with Gasteiger partial charge in [-0.15, -0.1) is 10.8 Å². The van der Waals surface area contributed by atoms with Gasteiger partial charge in [-0.3, -0.25) is 0 Å². The number of fused-ring (bicyclic) bond motifs is 1. The van der Waals surface area contributed by atoms with E-state index in [0.717, 1.165) is 0 Å². The number of carbonyl (C=O) groups excluding carboxylic acids is 1. The maximum Gasteiger partial charge on any atom is 0.399 e. The van der Waals surface area contributed by atoms with Gasteiger partial charge in [0.1, 0.15) is 13.2 Å². The van der Waals surface area contributed by atoms with Crippen LogP contribution in [0.15, 0.2) is 52.6 Å². The summed E-state index contributed by atoms with van der Waals surface area (Å²) in [4.78, 5) is 17.0. The van der Waals surface area contributed by atoms with Crippen LogP contribution in [0.2, 0.25) is 5.02 Å². The average Bonchev–Trinajstić information content (AvgIpc) is 2.97. The molecule has 0 spiro atoms. The van der Waals surface area contributed by atoms with Gasteiger partial charge in [-0.25, -0.2) is 4.79 Å². The fourth-order valence-electron chi connectivity index (χ4n) is 2.65. The lowest BCUT2D eigenvalue weighted by molar-refractivity contribution is -0.774. The second kappa shape index (κ2) is 6.10. The Morgan fingerprint density at radius 3 is 2.50 bits per heavy atom. The fourth-order valence-corrected chi connectivity index (χ4v) is 2.78. The van der Waals surface area contributed by atoms with Crippen molar-refractivity contribution in [3.63, 3.8) is 0 Å². The van der Waals surface area contributed by atoms with E-state index in [1.165, 1.54) is 0 Å². The standard InChI is InChI=1S/C17H15ClN5O3/c18-12-4-1-10(2-5-12)16(24)23(20)17(19)21-15(22-23)11-3-6-13-14(9-11)26-8-7-25-13/h1-6,9H,7-8,20H2,(H2,19,21,22)/q+1. The van der Waals surface area contributed by atoms with Crippen LogP contribution < -0.4 is 21.1 Å². The molecule has 0 aromatic heterocycles. The van der Waals surface area contributed by atoms with Gasteiger partial charge in [0.25, 0.3) is 0 Å². The number of benzene rings is 2. The summed E-state index contributed by atoms with van der Waals surface area (Å²) >= 11 is 5.85. The second-order valence-corrected chi connectivity index (χ2v) is 6.19. The summed E-state index contributed by atoms with van der Waals surface area (Å²) in [5.41, 5.74) is 6.87. The van der Waals surface area contributed by atoms with Gasteiger partial charge >= 0.3 is 11.9 Å². The van der Waals surface area contributed by atoms with Crippen LogP contribution in [0.1, 0.15) is 15.9 Å². The number of hydrogen-bond donors (Lipinski definition) is 2. The lowest BCUT2D eigenvalue weighted by Gasteiger charge is -2.18. The molecule has 2 aliphatic heterocycles. The molecule has 2 aromatic carbocycles. The largest absolute Gasteiger partial charge is 0.486 e. The highest BCUT2D eigenvalue weighted by Crippen LogP contribution is 2.32. The quantitative estimate of drug-likeness (QED) is 0.472. The van der Waals surface area contributed by atoms with E-state index in [1.807, 2.05) is 0 Å². The number of nitrogens with two attached hydrogens (primary N) is 2. The highest BCUT2D eigenvalue weighted by atomic mass is 35.5. The molecule has 2 aromatic rings. The maximum atomic E-state index is 12.8. The number of amidine groups is 1. The highest BCUT2D eigenvalue weighted by molar-refractivity contribution is 6.30. The van der Waals surface area contributed by atoms with Crippen LogP contribution in [-0.2, 0) is 0 Å². The first kappa shape index (κ1) is 16.5. The molecule has 0 radical (unpaired) electrons. The van der Waals surface area contributed by atoms with Gasteiger partial charge in [-0.2, -0.15) is 0 Å². The van der Waals surface area contributed by atoms with E-state index in [0.29, 0.717) is 40.9 Å². The summed E-state index contributed by atoms with van der Waals surface area (Å²) in [6, 6.07) is 11.5. The van der Waals surface area contributed by atoms with Crippen LogP contribution in [-0.4, -0.2) is 35.6 Å². The topological polar surface area (TPSA) is 112 Å².